The third-order valence-corrected chi connectivity index (χ3v) is 17.7. The number of benzene rings is 4. The number of hydrogen-bond acceptors (Lipinski definition) is 6. The first-order chi connectivity index (χ1) is 45.2. The van der Waals surface area contributed by atoms with Crippen molar-refractivity contribution >= 4 is 11.8 Å². The fraction of sp³-hybridized carbons (Fsp3) is 0.659. The van der Waals surface area contributed by atoms with Crippen LogP contribution in [0, 0.1) is 10.8 Å². The molecule has 8 nitrogen and oxygen atoms in total. The molecule has 0 saturated heterocycles. The van der Waals surface area contributed by atoms with Crippen LogP contribution in [-0.4, -0.2) is 74.3 Å². The lowest BCUT2D eigenvalue weighted by Gasteiger charge is -2.33. The SMILES string of the molecule is C.C.CCCCC/C=C/C/C=C\CCCCCCCC(=O)N(CCOCCOc1ccc(C(C)(C)CC(C)(C)C)cc1)Cc1ccccc1.CCCCCCCCCCCCCCCCCC(=O)N(CCOCCOc1ccc(C(C)(C)CC(C)(C)C)cc1)Cc1ccccc1. The number of carbonyl (C=O) groups excluding carboxylic acids is 2. The molecule has 96 heavy (non-hydrogen) atoms. The molecule has 4 aromatic carbocycles. The molecule has 0 aliphatic heterocycles. The Hall–Kier alpha value is -5.18. The summed E-state index contributed by atoms with van der Waals surface area (Å²) >= 11 is 0. The molecule has 8 heteroatoms. The van der Waals surface area contributed by atoms with E-state index in [4.69, 9.17) is 18.9 Å². The second kappa shape index (κ2) is 53.7. The zero-order chi connectivity index (χ0) is 68.4. The Morgan fingerprint density at radius 1 is 0.365 bits per heavy atom. The molecule has 4 rings (SSSR count). The topological polar surface area (TPSA) is 77.5 Å². The third kappa shape index (κ3) is 45.4. The van der Waals surface area contributed by atoms with E-state index in [2.05, 4.69) is 180 Å². The quantitative estimate of drug-likeness (QED) is 0.0324. The van der Waals surface area contributed by atoms with Gasteiger partial charge in [0.05, 0.1) is 26.4 Å². The Balaban J connectivity index is 0.000000940. The predicted octanol–water partition coefficient (Wildman–Crippen LogP) is 25.0. The molecule has 0 radical (unpaired) electrons. The first kappa shape index (κ1) is 88.8. The summed E-state index contributed by atoms with van der Waals surface area (Å²) in [5.74, 6) is 2.18. The van der Waals surface area contributed by atoms with Crippen LogP contribution in [0.25, 0.3) is 0 Å². The molecule has 0 unspecified atom stereocenters. The molecule has 0 fully saturated rings. The monoisotopic (exact) mass is 1330 g/mol. The summed E-state index contributed by atoms with van der Waals surface area (Å²) in [5, 5.41) is 0. The average Bonchev–Trinajstić information content (AvgIpc) is 0.864. The standard InChI is InChI=1S/C43H71NO3.C43H67NO3.2CH4/c2*1-7-8-9-10-11-12-13-14-15-16-17-18-19-20-24-27-41(45)44(36-38-25-22-21-23-26-38)32-33-46-34-35-47-40-30-28-39(29-31-40)43(5,6)37-42(2,3)4;;/h21-23,25-26,28-31H,7-20,24,27,32-37H2,1-6H3;11-12,14-15,21-23,25-26,28-31H,7-10,13,16-20,24,27,32-37H2,1-6H3;2*1H4/b;12-11+,15-14-;;. The van der Waals surface area contributed by atoms with E-state index in [0.29, 0.717) is 78.7 Å². The Kier molecular flexibility index (Phi) is 49.7. The molecule has 0 aromatic heterocycles. The van der Waals surface area contributed by atoms with Gasteiger partial charge in [0.25, 0.3) is 0 Å². The summed E-state index contributed by atoms with van der Waals surface area (Å²) in [5.41, 5.74) is 5.78. The lowest BCUT2D eigenvalue weighted by atomic mass is 9.72. The highest BCUT2D eigenvalue weighted by molar-refractivity contribution is 5.76. The molecule has 0 heterocycles. The number of carbonyl (C=O) groups is 2. The molecule has 2 amide bonds. The number of unbranched alkanes of at least 4 members (excludes halogenated alkanes) is 22. The van der Waals surface area contributed by atoms with Gasteiger partial charge in [0.2, 0.25) is 11.8 Å². The van der Waals surface area contributed by atoms with Gasteiger partial charge in [-0.05, 0) is 126 Å². The van der Waals surface area contributed by atoms with Crippen LogP contribution in [0.3, 0.4) is 0 Å². The van der Waals surface area contributed by atoms with Gasteiger partial charge in [0.15, 0.2) is 0 Å². The number of hydrogen-bond donors (Lipinski definition) is 0. The predicted molar refractivity (Wildman–Crippen MR) is 416 cm³/mol. The van der Waals surface area contributed by atoms with Gasteiger partial charge in [-0.1, -0.05) is 329 Å². The lowest BCUT2D eigenvalue weighted by Crippen LogP contribution is -2.33. The summed E-state index contributed by atoms with van der Waals surface area (Å²) in [7, 11) is 0. The molecular weight excluding hydrogens is 1180 g/mol. The Labute approximate surface area is 592 Å². The van der Waals surface area contributed by atoms with Crippen LogP contribution in [-0.2, 0) is 43.0 Å². The van der Waals surface area contributed by atoms with Crippen LogP contribution in [0.2, 0.25) is 0 Å². The van der Waals surface area contributed by atoms with Crippen LogP contribution in [0.5, 0.6) is 11.5 Å². The van der Waals surface area contributed by atoms with Crippen LogP contribution in [0.4, 0.5) is 0 Å². The summed E-state index contributed by atoms with van der Waals surface area (Å²) in [6.45, 7) is 33.0. The van der Waals surface area contributed by atoms with Crippen molar-refractivity contribution in [3.63, 3.8) is 0 Å². The molecule has 0 saturated carbocycles. The normalized spacial score (nSPS) is 11.9. The first-order valence-electron chi connectivity index (χ1n) is 37.8. The van der Waals surface area contributed by atoms with Crippen LogP contribution in [0.1, 0.15) is 313 Å². The van der Waals surface area contributed by atoms with E-state index in [9.17, 15) is 9.59 Å². The van der Waals surface area contributed by atoms with Gasteiger partial charge in [-0.25, -0.2) is 0 Å². The van der Waals surface area contributed by atoms with E-state index < -0.39 is 0 Å². The molecule has 0 aliphatic rings. The average molecular weight is 1330 g/mol. The van der Waals surface area contributed by atoms with Crippen LogP contribution < -0.4 is 9.47 Å². The van der Waals surface area contributed by atoms with Crippen molar-refractivity contribution in [3.05, 3.63) is 156 Å². The number of rotatable bonds is 52. The molecule has 0 atom stereocenters. The van der Waals surface area contributed by atoms with Gasteiger partial charge in [-0.3, -0.25) is 9.59 Å². The number of nitrogens with zero attached hydrogens (tertiary/aromatic N) is 2. The summed E-state index contributed by atoms with van der Waals surface area (Å²) < 4.78 is 23.7. The molecule has 0 N–H and O–H groups in total. The minimum absolute atomic E-state index is 0. The molecule has 544 valence electrons. The van der Waals surface area contributed by atoms with Crippen LogP contribution >= 0.6 is 0 Å². The fourth-order valence-electron chi connectivity index (χ4n) is 13.1. The van der Waals surface area contributed by atoms with E-state index in [1.165, 1.54) is 140 Å². The number of allylic oxidation sites excluding steroid dienone is 4. The Bertz CT molecular complexity index is 2520. The minimum Gasteiger partial charge on any atom is -0.491 e. The van der Waals surface area contributed by atoms with Gasteiger partial charge in [0, 0.05) is 39.0 Å². The highest BCUT2D eigenvalue weighted by Crippen LogP contribution is 2.38. The van der Waals surface area contributed by atoms with Crippen molar-refractivity contribution in [3.8, 4) is 11.5 Å². The molecule has 0 aliphatic carbocycles. The maximum atomic E-state index is 13.2. The van der Waals surface area contributed by atoms with Gasteiger partial charge >= 0.3 is 0 Å². The smallest absolute Gasteiger partial charge is 0.222 e. The van der Waals surface area contributed by atoms with E-state index >= 15 is 0 Å². The number of ether oxygens (including phenoxy) is 4. The van der Waals surface area contributed by atoms with Gasteiger partial charge in [-0.2, -0.15) is 0 Å². The first-order valence-corrected chi connectivity index (χ1v) is 37.8. The number of amides is 2. The maximum absolute atomic E-state index is 13.2. The highest BCUT2D eigenvalue weighted by Gasteiger charge is 2.28. The second-order valence-corrected chi connectivity index (χ2v) is 30.5. The Morgan fingerprint density at radius 3 is 1.02 bits per heavy atom. The van der Waals surface area contributed by atoms with E-state index in [1.54, 1.807) is 0 Å². The van der Waals surface area contributed by atoms with E-state index in [0.717, 1.165) is 74.0 Å². The zero-order valence-corrected chi connectivity index (χ0v) is 62.3. The molecule has 0 spiro atoms. The summed E-state index contributed by atoms with van der Waals surface area (Å²) in [4.78, 5) is 30.3. The molecule has 0 bridgehead atoms. The van der Waals surface area contributed by atoms with Crippen LogP contribution in [0.15, 0.2) is 133 Å². The second-order valence-electron chi connectivity index (χ2n) is 30.5. The summed E-state index contributed by atoms with van der Waals surface area (Å²) in [6, 6.07) is 37.5. The molecule has 4 aromatic rings. The van der Waals surface area contributed by atoms with Gasteiger partial charge in [-0.15, -0.1) is 0 Å². The zero-order valence-electron chi connectivity index (χ0n) is 62.3. The Morgan fingerprint density at radius 2 is 0.677 bits per heavy atom. The third-order valence-electron chi connectivity index (χ3n) is 17.7. The highest BCUT2D eigenvalue weighted by atomic mass is 16.5. The lowest BCUT2D eigenvalue weighted by molar-refractivity contribution is -0.133. The van der Waals surface area contributed by atoms with Gasteiger partial charge < -0.3 is 28.7 Å². The van der Waals surface area contributed by atoms with E-state index in [-0.39, 0.29) is 48.3 Å². The minimum atomic E-state index is 0. The largest absolute Gasteiger partial charge is 0.491 e. The maximum Gasteiger partial charge on any atom is 0.222 e. The van der Waals surface area contributed by atoms with Crippen molar-refractivity contribution in [2.45, 2.75) is 314 Å². The van der Waals surface area contributed by atoms with Crippen molar-refractivity contribution in [1.29, 1.82) is 0 Å². The fourth-order valence-corrected chi connectivity index (χ4v) is 13.1. The van der Waals surface area contributed by atoms with Crippen molar-refractivity contribution in [2.75, 3.05) is 52.7 Å². The van der Waals surface area contributed by atoms with Crippen molar-refractivity contribution < 1.29 is 28.5 Å². The van der Waals surface area contributed by atoms with E-state index in [1.807, 2.05) is 46.2 Å². The van der Waals surface area contributed by atoms with Gasteiger partial charge in [0.1, 0.15) is 24.7 Å². The molecular formula is C88H146N2O6. The van der Waals surface area contributed by atoms with Crippen molar-refractivity contribution in [2.24, 2.45) is 10.8 Å². The van der Waals surface area contributed by atoms with Crippen molar-refractivity contribution in [1.82, 2.24) is 9.80 Å². The summed E-state index contributed by atoms with van der Waals surface area (Å²) in [6.07, 6.45) is 45.8.